The summed E-state index contributed by atoms with van der Waals surface area (Å²) in [4.78, 5) is 29.8. The van der Waals surface area contributed by atoms with Crippen LogP contribution < -0.4 is 16.2 Å². The van der Waals surface area contributed by atoms with Gasteiger partial charge in [0.1, 0.15) is 12.4 Å². The van der Waals surface area contributed by atoms with Gasteiger partial charge < -0.3 is 21.1 Å². The van der Waals surface area contributed by atoms with Crippen molar-refractivity contribution in [2.45, 2.75) is 19.4 Å². The average molecular weight is 430 g/mol. The number of piperidine rings is 1. The summed E-state index contributed by atoms with van der Waals surface area (Å²) in [6.45, 7) is 1.14. The largest absolute Gasteiger partial charge is 0.486 e. The molecule has 0 aliphatic carbocycles. The number of rotatable bonds is 5. The number of nitrogens with zero attached hydrogens (tertiary/aromatic N) is 4. The standard InChI is InChI=1S/C19H20ClN7O3/c20-13-7-11(19(29)27-5-3-10(4-6-27)17(22)28)1-2-12(13)9-30-14-8-15(21)23-18-16(14)24-26-25-18/h1-2,7-8,10H,3-6,9H2,(H2,22,28)(H3,21,23,24,25,26). The highest BCUT2D eigenvalue weighted by molar-refractivity contribution is 6.31. The number of H-pyrrole nitrogens is 1. The number of aromatic nitrogens is 4. The van der Waals surface area contributed by atoms with E-state index in [0.29, 0.717) is 59.0 Å². The number of primary amides is 1. The summed E-state index contributed by atoms with van der Waals surface area (Å²) in [5.74, 6) is 0.0953. The summed E-state index contributed by atoms with van der Waals surface area (Å²) < 4.78 is 5.81. The lowest BCUT2D eigenvalue weighted by Crippen LogP contribution is -2.41. The van der Waals surface area contributed by atoms with Crippen LogP contribution in [0.3, 0.4) is 0 Å². The number of pyridine rings is 1. The molecule has 3 heterocycles. The van der Waals surface area contributed by atoms with Gasteiger partial charge in [0.2, 0.25) is 5.91 Å². The molecule has 1 aliphatic heterocycles. The number of nitrogens with one attached hydrogen (secondary N) is 1. The quantitative estimate of drug-likeness (QED) is 0.555. The van der Waals surface area contributed by atoms with E-state index >= 15 is 0 Å². The van der Waals surface area contributed by atoms with E-state index in [0.717, 1.165) is 0 Å². The fourth-order valence-corrected chi connectivity index (χ4v) is 3.68. The van der Waals surface area contributed by atoms with Crippen LogP contribution in [-0.4, -0.2) is 50.2 Å². The van der Waals surface area contributed by atoms with Crippen LogP contribution in [0.15, 0.2) is 24.3 Å². The number of aromatic amines is 1. The Morgan fingerprint density at radius 3 is 2.73 bits per heavy atom. The Labute approximate surface area is 176 Å². The lowest BCUT2D eigenvalue weighted by Gasteiger charge is -2.30. The number of fused-ring (bicyclic) bond motifs is 1. The van der Waals surface area contributed by atoms with E-state index in [-0.39, 0.29) is 30.2 Å². The molecule has 5 N–H and O–H groups in total. The van der Waals surface area contributed by atoms with Crippen molar-refractivity contribution >= 4 is 40.4 Å². The smallest absolute Gasteiger partial charge is 0.253 e. The predicted octanol–water partition coefficient (Wildman–Crippen LogP) is 1.50. The van der Waals surface area contributed by atoms with E-state index in [1.807, 2.05) is 0 Å². The minimum absolute atomic E-state index is 0.126. The van der Waals surface area contributed by atoms with Crippen LogP contribution in [0.1, 0.15) is 28.8 Å². The molecule has 2 amide bonds. The molecule has 3 aromatic rings. The van der Waals surface area contributed by atoms with Gasteiger partial charge in [-0.2, -0.15) is 0 Å². The van der Waals surface area contributed by atoms with Crippen LogP contribution in [-0.2, 0) is 11.4 Å². The number of hydrogen-bond acceptors (Lipinski definition) is 7. The SMILES string of the molecule is NC(=O)C1CCN(C(=O)c2ccc(COc3cc(N)nc4[nH]nnc34)c(Cl)c2)CC1. The number of nitrogen functional groups attached to an aromatic ring is 1. The fourth-order valence-electron chi connectivity index (χ4n) is 3.44. The van der Waals surface area contributed by atoms with Crippen molar-refractivity contribution in [1.82, 2.24) is 25.3 Å². The minimum Gasteiger partial charge on any atom is -0.486 e. The van der Waals surface area contributed by atoms with Crippen LogP contribution in [0.2, 0.25) is 5.02 Å². The number of likely N-dealkylation sites (tertiary alicyclic amines) is 1. The normalized spacial score (nSPS) is 14.8. The number of hydrogen-bond donors (Lipinski definition) is 3. The van der Waals surface area contributed by atoms with Crippen molar-refractivity contribution in [2.75, 3.05) is 18.8 Å². The number of ether oxygens (including phenoxy) is 1. The highest BCUT2D eigenvalue weighted by Gasteiger charge is 2.26. The average Bonchev–Trinajstić information content (AvgIpc) is 3.20. The van der Waals surface area contributed by atoms with Gasteiger partial charge in [-0.05, 0) is 25.0 Å². The molecule has 0 spiro atoms. The second-order valence-corrected chi connectivity index (χ2v) is 7.53. The molecule has 30 heavy (non-hydrogen) atoms. The lowest BCUT2D eigenvalue weighted by atomic mass is 9.96. The summed E-state index contributed by atoms with van der Waals surface area (Å²) in [7, 11) is 0. The number of amides is 2. The van der Waals surface area contributed by atoms with Gasteiger partial charge in [-0.15, -0.1) is 5.10 Å². The van der Waals surface area contributed by atoms with Gasteiger partial charge in [-0.1, -0.05) is 22.9 Å². The molecule has 10 nitrogen and oxygen atoms in total. The van der Waals surface area contributed by atoms with Gasteiger partial charge in [0.25, 0.3) is 5.91 Å². The Hall–Kier alpha value is -3.40. The fraction of sp³-hybridized carbons (Fsp3) is 0.316. The molecule has 0 saturated carbocycles. The zero-order valence-corrected chi connectivity index (χ0v) is 16.7. The molecule has 1 aromatic carbocycles. The summed E-state index contributed by atoms with van der Waals surface area (Å²) in [5.41, 5.74) is 13.2. The van der Waals surface area contributed by atoms with Crippen LogP contribution in [0.4, 0.5) is 5.82 Å². The molecular formula is C19H20ClN7O3. The maximum Gasteiger partial charge on any atom is 0.253 e. The number of nitrogens with two attached hydrogens (primary N) is 2. The first-order valence-electron chi connectivity index (χ1n) is 9.39. The van der Waals surface area contributed by atoms with Crippen molar-refractivity contribution in [3.8, 4) is 5.75 Å². The van der Waals surface area contributed by atoms with Gasteiger partial charge >= 0.3 is 0 Å². The topological polar surface area (TPSA) is 153 Å². The molecule has 0 unspecified atom stereocenters. The molecule has 156 valence electrons. The molecule has 0 atom stereocenters. The number of carbonyl (C=O) groups is 2. The van der Waals surface area contributed by atoms with Crippen LogP contribution >= 0.6 is 11.6 Å². The molecule has 0 radical (unpaired) electrons. The van der Waals surface area contributed by atoms with E-state index in [4.69, 9.17) is 27.8 Å². The van der Waals surface area contributed by atoms with Crippen molar-refractivity contribution in [3.63, 3.8) is 0 Å². The molecule has 1 saturated heterocycles. The Morgan fingerprint density at radius 1 is 1.27 bits per heavy atom. The Balaban J connectivity index is 1.44. The van der Waals surface area contributed by atoms with E-state index in [2.05, 4.69) is 20.4 Å². The number of carbonyl (C=O) groups excluding carboxylic acids is 2. The van der Waals surface area contributed by atoms with Crippen molar-refractivity contribution in [3.05, 3.63) is 40.4 Å². The zero-order chi connectivity index (χ0) is 21.3. The van der Waals surface area contributed by atoms with Gasteiger partial charge in [0.15, 0.2) is 16.9 Å². The summed E-state index contributed by atoms with van der Waals surface area (Å²) in [6, 6.07) is 6.64. The molecule has 0 bridgehead atoms. The molecule has 4 rings (SSSR count). The zero-order valence-electron chi connectivity index (χ0n) is 16.0. The van der Waals surface area contributed by atoms with Gasteiger partial charge in [0, 0.05) is 41.2 Å². The minimum atomic E-state index is -0.312. The Bertz CT molecular complexity index is 1110. The van der Waals surface area contributed by atoms with E-state index < -0.39 is 0 Å². The van der Waals surface area contributed by atoms with Gasteiger partial charge in [-0.25, -0.2) is 10.1 Å². The summed E-state index contributed by atoms with van der Waals surface area (Å²) in [6.07, 6.45) is 1.15. The second kappa shape index (κ2) is 8.15. The predicted molar refractivity (Wildman–Crippen MR) is 110 cm³/mol. The maximum absolute atomic E-state index is 12.8. The third-order valence-corrected chi connectivity index (χ3v) is 5.50. The second-order valence-electron chi connectivity index (χ2n) is 7.12. The lowest BCUT2D eigenvalue weighted by molar-refractivity contribution is -0.123. The van der Waals surface area contributed by atoms with Crippen LogP contribution in [0, 0.1) is 5.92 Å². The molecular weight excluding hydrogens is 410 g/mol. The third kappa shape index (κ3) is 3.99. The Kier molecular flexibility index (Phi) is 5.40. The number of anilines is 1. The van der Waals surface area contributed by atoms with Gasteiger partial charge in [-0.3, -0.25) is 9.59 Å². The third-order valence-electron chi connectivity index (χ3n) is 5.15. The van der Waals surface area contributed by atoms with Crippen LogP contribution in [0.5, 0.6) is 5.75 Å². The number of halogens is 1. The van der Waals surface area contributed by atoms with E-state index in [9.17, 15) is 9.59 Å². The Morgan fingerprint density at radius 2 is 2.03 bits per heavy atom. The first-order valence-corrected chi connectivity index (χ1v) is 9.77. The van der Waals surface area contributed by atoms with Gasteiger partial charge in [0.05, 0.1) is 0 Å². The first-order chi connectivity index (χ1) is 14.4. The van der Waals surface area contributed by atoms with E-state index in [1.54, 1.807) is 29.2 Å². The maximum atomic E-state index is 12.8. The van der Waals surface area contributed by atoms with E-state index in [1.165, 1.54) is 0 Å². The van der Waals surface area contributed by atoms with Crippen molar-refractivity contribution in [1.29, 1.82) is 0 Å². The monoisotopic (exact) mass is 429 g/mol. The molecule has 1 aliphatic rings. The number of benzene rings is 1. The molecule has 11 heteroatoms. The summed E-state index contributed by atoms with van der Waals surface area (Å²) in [5, 5.41) is 10.7. The van der Waals surface area contributed by atoms with Crippen LogP contribution in [0.25, 0.3) is 11.2 Å². The first kappa shape index (κ1) is 19.9. The highest BCUT2D eigenvalue weighted by Crippen LogP contribution is 2.26. The van der Waals surface area contributed by atoms with Crippen molar-refractivity contribution < 1.29 is 14.3 Å². The molecule has 2 aromatic heterocycles. The highest BCUT2D eigenvalue weighted by atomic mass is 35.5. The molecule has 1 fully saturated rings. The van der Waals surface area contributed by atoms with Crippen molar-refractivity contribution in [2.24, 2.45) is 11.7 Å². The summed E-state index contributed by atoms with van der Waals surface area (Å²) >= 11 is 6.39.